The van der Waals surface area contributed by atoms with Crippen LogP contribution < -0.4 is 10.1 Å². The van der Waals surface area contributed by atoms with Crippen molar-refractivity contribution in [1.29, 1.82) is 0 Å². The van der Waals surface area contributed by atoms with Gasteiger partial charge < -0.3 is 19.5 Å². The number of carbonyl (C=O) groups is 1. The molecule has 7 nitrogen and oxygen atoms in total. The molecule has 0 bridgehead atoms. The third kappa shape index (κ3) is 4.46. The van der Waals surface area contributed by atoms with Crippen LogP contribution >= 0.6 is 0 Å². The second-order valence-electron chi connectivity index (χ2n) is 5.87. The number of nitrogens with zero attached hydrogens (tertiary/aromatic N) is 3. The highest BCUT2D eigenvalue weighted by molar-refractivity contribution is 5.74. The smallest absolute Gasteiger partial charge is 0.317 e. The third-order valence-corrected chi connectivity index (χ3v) is 4.04. The van der Waals surface area contributed by atoms with Crippen molar-refractivity contribution >= 4 is 6.03 Å². The molecular formula is C17H21FN4O3. The van der Waals surface area contributed by atoms with E-state index >= 15 is 0 Å². The Balaban J connectivity index is 1.47. The largest absolute Gasteiger partial charge is 0.493 e. The van der Waals surface area contributed by atoms with Gasteiger partial charge >= 0.3 is 6.03 Å². The first-order valence-electron chi connectivity index (χ1n) is 8.39. The van der Waals surface area contributed by atoms with E-state index in [2.05, 4.69) is 15.5 Å². The Morgan fingerprint density at radius 1 is 1.44 bits per heavy atom. The van der Waals surface area contributed by atoms with Crippen LogP contribution in [-0.2, 0) is 6.42 Å². The van der Waals surface area contributed by atoms with Crippen LogP contribution in [0, 0.1) is 5.82 Å². The number of nitrogens with one attached hydrogen (secondary N) is 1. The minimum absolute atomic E-state index is 0.0579. The molecule has 1 aromatic carbocycles. The summed E-state index contributed by atoms with van der Waals surface area (Å²) in [7, 11) is 0. The normalized spacial score (nSPS) is 16.9. The van der Waals surface area contributed by atoms with Crippen LogP contribution in [0.3, 0.4) is 0 Å². The quantitative estimate of drug-likeness (QED) is 0.867. The van der Waals surface area contributed by atoms with Crippen molar-refractivity contribution in [2.24, 2.45) is 0 Å². The van der Waals surface area contributed by atoms with Crippen LogP contribution in [-0.4, -0.2) is 47.3 Å². The lowest BCUT2D eigenvalue weighted by Gasteiger charge is -2.15. The summed E-state index contributed by atoms with van der Waals surface area (Å²) in [6.45, 7) is 4.14. The SMILES string of the molecule is CCNC(=O)N1CCC(c2nc(CCOc3ccc(F)cc3)no2)C1. The number of hydrogen-bond acceptors (Lipinski definition) is 5. The van der Waals surface area contributed by atoms with Gasteiger partial charge in [-0.3, -0.25) is 0 Å². The van der Waals surface area contributed by atoms with Gasteiger partial charge in [-0.05, 0) is 37.6 Å². The van der Waals surface area contributed by atoms with Gasteiger partial charge in [0.15, 0.2) is 5.82 Å². The first kappa shape index (κ1) is 17.2. The number of ether oxygens (including phenoxy) is 1. The molecule has 0 radical (unpaired) electrons. The molecule has 25 heavy (non-hydrogen) atoms. The second-order valence-corrected chi connectivity index (χ2v) is 5.87. The van der Waals surface area contributed by atoms with E-state index in [-0.39, 0.29) is 17.8 Å². The Morgan fingerprint density at radius 2 is 2.24 bits per heavy atom. The fourth-order valence-electron chi connectivity index (χ4n) is 2.74. The molecule has 1 atom stereocenters. The summed E-state index contributed by atoms with van der Waals surface area (Å²) < 4.78 is 23.7. The topological polar surface area (TPSA) is 80.5 Å². The molecule has 1 aliphatic rings. The van der Waals surface area contributed by atoms with Crippen molar-refractivity contribution in [2.45, 2.75) is 25.7 Å². The van der Waals surface area contributed by atoms with Gasteiger partial charge in [-0.15, -0.1) is 0 Å². The summed E-state index contributed by atoms with van der Waals surface area (Å²) in [6, 6.07) is 5.79. The van der Waals surface area contributed by atoms with Crippen molar-refractivity contribution in [3.8, 4) is 5.75 Å². The second kappa shape index (κ2) is 7.96. The van der Waals surface area contributed by atoms with Crippen molar-refractivity contribution < 1.29 is 18.4 Å². The number of hydrogen-bond donors (Lipinski definition) is 1. The first-order chi connectivity index (χ1) is 12.2. The molecule has 1 aromatic heterocycles. The molecule has 2 aromatic rings. The van der Waals surface area contributed by atoms with Crippen LogP contribution in [0.5, 0.6) is 5.75 Å². The predicted octanol–water partition coefficient (Wildman–Crippen LogP) is 2.35. The monoisotopic (exact) mass is 348 g/mol. The Labute approximate surface area is 145 Å². The average molecular weight is 348 g/mol. The van der Waals surface area contributed by atoms with E-state index < -0.39 is 0 Å². The zero-order valence-corrected chi connectivity index (χ0v) is 14.1. The lowest BCUT2D eigenvalue weighted by molar-refractivity contribution is 0.208. The Kier molecular flexibility index (Phi) is 5.47. The van der Waals surface area contributed by atoms with Gasteiger partial charge in [0.2, 0.25) is 5.89 Å². The highest BCUT2D eigenvalue weighted by atomic mass is 19.1. The van der Waals surface area contributed by atoms with Crippen molar-refractivity contribution in [1.82, 2.24) is 20.4 Å². The number of aromatic nitrogens is 2. The van der Waals surface area contributed by atoms with Crippen molar-refractivity contribution in [3.63, 3.8) is 0 Å². The lowest BCUT2D eigenvalue weighted by Crippen LogP contribution is -2.38. The summed E-state index contributed by atoms with van der Waals surface area (Å²) in [5.41, 5.74) is 0. The number of amides is 2. The Bertz CT molecular complexity index is 704. The van der Waals surface area contributed by atoms with Gasteiger partial charge in [0.05, 0.1) is 12.5 Å². The van der Waals surface area contributed by atoms with Crippen LogP contribution in [0.25, 0.3) is 0 Å². The molecule has 2 amide bonds. The zero-order valence-electron chi connectivity index (χ0n) is 14.1. The maximum atomic E-state index is 12.8. The molecule has 0 saturated carbocycles. The minimum atomic E-state index is -0.298. The van der Waals surface area contributed by atoms with E-state index in [4.69, 9.17) is 9.26 Å². The van der Waals surface area contributed by atoms with Gasteiger partial charge in [-0.1, -0.05) is 5.16 Å². The molecule has 1 aliphatic heterocycles. The molecule has 0 spiro atoms. The van der Waals surface area contributed by atoms with E-state index in [0.29, 0.717) is 50.1 Å². The van der Waals surface area contributed by atoms with Crippen LogP contribution in [0.4, 0.5) is 9.18 Å². The average Bonchev–Trinajstić information content (AvgIpc) is 3.26. The highest BCUT2D eigenvalue weighted by Crippen LogP contribution is 2.25. The van der Waals surface area contributed by atoms with Crippen LogP contribution in [0.2, 0.25) is 0 Å². The Morgan fingerprint density at radius 3 is 3.00 bits per heavy atom. The molecule has 2 heterocycles. The third-order valence-electron chi connectivity index (χ3n) is 4.04. The van der Waals surface area contributed by atoms with Gasteiger partial charge in [-0.25, -0.2) is 9.18 Å². The molecule has 1 unspecified atom stereocenters. The van der Waals surface area contributed by atoms with E-state index in [0.717, 1.165) is 6.42 Å². The first-order valence-corrected chi connectivity index (χ1v) is 8.39. The predicted molar refractivity (Wildman–Crippen MR) is 87.9 cm³/mol. The summed E-state index contributed by atoms with van der Waals surface area (Å²) in [4.78, 5) is 18.0. The van der Waals surface area contributed by atoms with Crippen molar-refractivity contribution in [2.75, 3.05) is 26.2 Å². The molecule has 1 fully saturated rings. The summed E-state index contributed by atoms with van der Waals surface area (Å²) in [5, 5.41) is 6.76. The van der Waals surface area contributed by atoms with E-state index in [1.54, 1.807) is 17.0 Å². The van der Waals surface area contributed by atoms with Gasteiger partial charge in [-0.2, -0.15) is 4.98 Å². The number of urea groups is 1. The number of halogens is 1. The fraction of sp³-hybridized carbons (Fsp3) is 0.471. The zero-order chi connectivity index (χ0) is 17.6. The summed E-state index contributed by atoms with van der Waals surface area (Å²) in [5.74, 6) is 1.49. The van der Waals surface area contributed by atoms with Gasteiger partial charge in [0.25, 0.3) is 0 Å². The minimum Gasteiger partial charge on any atom is -0.493 e. The summed E-state index contributed by atoms with van der Waals surface area (Å²) in [6.07, 6.45) is 1.30. The maximum Gasteiger partial charge on any atom is 0.317 e. The molecular weight excluding hydrogens is 327 g/mol. The molecule has 3 rings (SSSR count). The fourth-order valence-corrected chi connectivity index (χ4v) is 2.74. The highest BCUT2D eigenvalue weighted by Gasteiger charge is 2.30. The molecule has 134 valence electrons. The lowest BCUT2D eigenvalue weighted by atomic mass is 10.1. The molecule has 1 saturated heterocycles. The van der Waals surface area contributed by atoms with Crippen LogP contribution in [0.15, 0.2) is 28.8 Å². The standard InChI is InChI=1S/C17H21FN4O3/c1-2-19-17(23)22-9-7-12(11-22)16-20-15(21-25-16)8-10-24-14-5-3-13(18)4-6-14/h3-6,12H,2,7-11H2,1H3,(H,19,23). The summed E-state index contributed by atoms with van der Waals surface area (Å²) >= 11 is 0. The number of benzene rings is 1. The van der Waals surface area contributed by atoms with Crippen LogP contribution in [0.1, 0.15) is 31.0 Å². The van der Waals surface area contributed by atoms with E-state index in [9.17, 15) is 9.18 Å². The van der Waals surface area contributed by atoms with E-state index in [1.165, 1.54) is 12.1 Å². The van der Waals surface area contributed by atoms with E-state index in [1.807, 2.05) is 6.92 Å². The maximum absolute atomic E-state index is 12.8. The van der Waals surface area contributed by atoms with Crippen molar-refractivity contribution in [3.05, 3.63) is 41.8 Å². The number of likely N-dealkylation sites (tertiary alicyclic amines) is 1. The molecule has 0 aliphatic carbocycles. The van der Waals surface area contributed by atoms with Gasteiger partial charge in [0, 0.05) is 26.1 Å². The number of carbonyl (C=O) groups excluding carboxylic acids is 1. The number of rotatable bonds is 6. The van der Waals surface area contributed by atoms with Gasteiger partial charge in [0.1, 0.15) is 11.6 Å². The Hall–Kier alpha value is -2.64. The molecule has 1 N–H and O–H groups in total. The molecule has 8 heteroatoms.